The maximum absolute atomic E-state index is 12.0. The molecule has 1 aliphatic rings. The van der Waals surface area contributed by atoms with Gasteiger partial charge in [-0.3, -0.25) is 4.79 Å². The van der Waals surface area contributed by atoms with Gasteiger partial charge in [-0.25, -0.2) is 0 Å². The molecular formula is C12H22ClNO. The lowest BCUT2D eigenvalue weighted by atomic mass is 9.83. The molecule has 0 spiro atoms. The topological polar surface area (TPSA) is 20.3 Å². The number of hydrogen-bond donors (Lipinski definition) is 0. The van der Waals surface area contributed by atoms with Crippen molar-refractivity contribution in [1.29, 1.82) is 0 Å². The highest BCUT2D eigenvalue weighted by atomic mass is 35.5. The van der Waals surface area contributed by atoms with Crippen LogP contribution in [-0.4, -0.2) is 29.8 Å². The standard InChI is InChI=1S/C12H22ClNO/c1-5-12(2,3)11(15)14(4)8-9-6-10(13)7-9/h9-10H,5-8H2,1-4H3. The Morgan fingerprint density at radius 3 is 2.40 bits per heavy atom. The van der Waals surface area contributed by atoms with Crippen LogP contribution in [0.3, 0.4) is 0 Å². The van der Waals surface area contributed by atoms with E-state index in [2.05, 4.69) is 6.92 Å². The minimum atomic E-state index is -0.223. The third-order valence-corrected chi connectivity index (χ3v) is 3.88. The Kier molecular flexibility index (Phi) is 4.05. The Morgan fingerprint density at radius 2 is 2.00 bits per heavy atom. The van der Waals surface area contributed by atoms with Crippen LogP contribution in [0.5, 0.6) is 0 Å². The molecule has 0 bridgehead atoms. The predicted octanol–water partition coefficient (Wildman–Crippen LogP) is 2.90. The lowest BCUT2D eigenvalue weighted by molar-refractivity contribution is -0.140. The van der Waals surface area contributed by atoms with Crippen LogP contribution in [0.15, 0.2) is 0 Å². The van der Waals surface area contributed by atoms with E-state index in [4.69, 9.17) is 11.6 Å². The second kappa shape index (κ2) is 4.73. The van der Waals surface area contributed by atoms with Crippen molar-refractivity contribution in [3.05, 3.63) is 0 Å². The Morgan fingerprint density at radius 1 is 1.47 bits per heavy atom. The van der Waals surface area contributed by atoms with Gasteiger partial charge in [-0.2, -0.15) is 0 Å². The van der Waals surface area contributed by atoms with Crippen LogP contribution >= 0.6 is 11.6 Å². The van der Waals surface area contributed by atoms with Gasteiger partial charge in [0.15, 0.2) is 0 Å². The third kappa shape index (κ3) is 3.10. The number of carbonyl (C=O) groups excluding carboxylic acids is 1. The van der Waals surface area contributed by atoms with E-state index in [-0.39, 0.29) is 11.3 Å². The van der Waals surface area contributed by atoms with Crippen molar-refractivity contribution in [3.8, 4) is 0 Å². The molecule has 88 valence electrons. The van der Waals surface area contributed by atoms with Gasteiger partial charge in [0.05, 0.1) is 0 Å². The van der Waals surface area contributed by atoms with Crippen LogP contribution in [0, 0.1) is 11.3 Å². The molecule has 0 aromatic rings. The molecule has 1 saturated carbocycles. The van der Waals surface area contributed by atoms with E-state index in [0.717, 1.165) is 25.8 Å². The van der Waals surface area contributed by atoms with E-state index in [0.29, 0.717) is 11.3 Å². The molecule has 1 fully saturated rings. The summed E-state index contributed by atoms with van der Waals surface area (Å²) in [6.07, 6.45) is 3.01. The molecule has 0 atom stereocenters. The van der Waals surface area contributed by atoms with Crippen LogP contribution in [0.4, 0.5) is 0 Å². The van der Waals surface area contributed by atoms with Crippen molar-refractivity contribution in [2.24, 2.45) is 11.3 Å². The minimum Gasteiger partial charge on any atom is -0.345 e. The Bertz CT molecular complexity index is 234. The predicted molar refractivity (Wildman–Crippen MR) is 64.1 cm³/mol. The van der Waals surface area contributed by atoms with E-state index in [9.17, 15) is 4.79 Å². The molecule has 0 N–H and O–H groups in total. The molecule has 2 nitrogen and oxygen atoms in total. The SMILES string of the molecule is CCC(C)(C)C(=O)N(C)CC1CC(Cl)C1. The molecule has 1 amide bonds. The summed E-state index contributed by atoms with van der Waals surface area (Å²) in [7, 11) is 1.90. The van der Waals surface area contributed by atoms with Crippen molar-refractivity contribution in [3.63, 3.8) is 0 Å². The van der Waals surface area contributed by atoms with Crippen molar-refractivity contribution in [2.75, 3.05) is 13.6 Å². The zero-order valence-corrected chi connectivity index (χ0v) is 11.0. The zero-order chi connectivity index (χ0) is 11.6. The smallest absolute Gasteiger partial charge is 0.227 e. The van der Waals surface area contributed by atoms with Crippen molar-refractivity contribution in [2.45, 2.75) is 45.4 Å². The van der Waals surface area contributed by atoms with Gasteiger partial charge in [0, 0.05) is 24.4 Å². The highest BCUT2D eigenvalue weighted by Gasteiger charge is 2.33. The van der Waals surface area contributed by atoms with E-state index in [1.54, 1.807) is 0 Å². The summed E-state index contributed by atoms with van der Waals surface area (Å²) < 4.78 is 0. The van der Waals surface area contributed by atoms with Crippen LogP contribution in [0.2, 0.25) is 0 Å². The summed E-state index contributed by atoms with van der Waals surface area (Å²) in [6.45, 7) is 6.95. The average Bonchev–Trinajstić information content (AvgIpc) is 2.14. The maximum Gasteiger partial charge on any atom is 0.227 e. The largest absolute Gasteiger partial charge is 0.345 e. The first-order chi connectivity index (χ1) is 6.86. The minimum absolute atomic E-state index is 0.223. The quantitative estimate of drug-likeness (QED) is 0.682. The average molecular weight is 232 g/mol. The fraction of sp³-hybridized carbons (Fsp3) is 0.917. The van der Waals surface area contributed by atoms with Crippen molar-refractivity contribution in [1.82, 2.24) is 4.90 Å². The Hall–Kier alpha value is -0.240. The van der Waals surface area contributed by atoms with E-state index < -0.39 is 0 Å². The van der Waals surface area contributed by atoms with Crippen LogP contribution in [0.1, 0.15) is 40.0 Å². The van der Waals surface area contributed by atoms with Gasteiger partial charge in [0.2, 0.25) is 5.91 Å². The molecule has 0 unspecified atom stereocenters. The first-order valence-electron chi connectivity index (χ1n) is 5.76. The first kappa shape index (κ1) is 12.8. The van der Waals surface area contributed by atoms with Gasteiger partial charge in [-0.05, 0) is 25.2 Å². The molecule has 3 heteroatoms. The second-order valence-electron chi connectivity index (χ2n) is 5.36. The zero-order valence-electron chi connectivity index (χ0n) is 10.2. The monoisotopic (exact) mass is 231 g/mol. The number of nitrogens with zero attached hydrogens (tertiary/aromatic N) is 1. The maximum atomic E-state index is 12.0. The summed E-state index contributed by atoms with van der Waals surface area (Å²) in [4.78, 5) is 13.9. The molecular weight excluding hydrogens is 210 g/mol. The van der Waals surface area contributed by atoms with Gasteiger partial charge in [0.25, 0.3) is 0 Å². The molecule has 0 heterocycles. The Balaban J connectivity index is 2.40. The second-order valence-corrected chi connectivity index (χ2v) is 5.98. The number of carbonyl (C=O) groups is 1. The molecule has 15 heavy (non-hydrogen) atoms. The van der Waals surface area contributed by atoms with E-state index in [1.807, 2.05) is 25.8 Å². The summed E-state index contributed by atoms with van der Waals surface area (Å²) >= 11 is 5.92. The van der Waals surface area contributed by atoms with Gasteiger partial charge in [0.1, 0.15) is 0 Å². The fourth-order valence-corrected chi connectivity index (χ4v) is 2.45. The molecule has 0 aliphatic heterocycles. The lowest BCUT2D eigenvalue weighted by Gasteiger charge is -2.36. The number of rotatable bonds is 4. The normalized spacial score (nSPS) is 25.9. The number of amides is 1. The van der Waals surface area contributed by atoms with Crippen molar-refractivity contribution < 1.29 is 4.79 Å². The highest BCUT2D eigenvalue weighted by Crippen LogP contribution is 2.33. The highest BCUT2D eigenvalue weighted by molar-refractivity contribution is 6.21. The molecule has 1 rings (SSSR count). The van der Waals surface area contributed by atoms with Crippen LogP contribution in [-0.2, 0) is 4.79 Å². The molecule has 0 aromatic carbocycles. The summed E-state index contributed by atoms with van der Waals surface area (Å²) in [5.74, 6) is 0.872. The van der Waals surface area contributed by atoms with Crippen molar-refractivity contribution >= 4 is 17.5 Å². The van der Waals surface area contributed by atoms with Crippen LogP contribution in [0.25, 0.3) is 0 Å². The molecule has 0 aromatic heterocycles. The van der Waals surface area contributed by atoms with Crippen LogP contribution < -0.4 is 0 Å². The van der Waals surface area contributed by atoms with Gasteiger partial charge in [-0.1, -0.05) is 20.8 Å². The molecule has 0 radical (unpaired) electrons. The molecule has 1 aliphatic carbocycles. The number of hydrogen-bond acceptors (Lipinski definition) is 1. The first-order valence-corrected chi connectivity index (χ1v) is 6.20. The van der Waals surface area contributed by atoms with E-state index in [1.165, 1.54) is 0 Å². The van der Waals surface area contributed by atoms with Gasteiger partial charge < -0.3 is 4.90 Å². The van der Waals surface area contributed by atoms with Gasteiger partial charge in [-0.15, -0.1) is 11.6 Å². The van der Waals surface area contributed by atoms with E-state index >= 15 is 0 Å². The number of halogens is 1. The van der Waals surface area contributed by atoms with Gasteiger partial charge >= 0.3 is 0 Å². The third-order valence-electron chi connectivity index (χ3n) is 3.52. The number of alkyl halides is 1. The summed E-state index contributed by atoms with van der Waals surface area (Å²) in [5, 5.41) is 0.345. The lowest BCUT2D eigenvalue weighted by Crippen LogP contribution is -2.43. The summed E-state index contributed by atoms with van der Waals surface area (Å²) in [6, 6.07) is 0. The fourth-order valence-electron chi connectivity index (χ4n) is 1.94. The molecule has 0 saturated heterocycles. The Labute approximate surface area is 98.0 Å². The summed E-state index contributed by atoms with van der Waals surface area (Å²) in [5.41, 5.74) is -0.223.